The molecule has 0 aromatic heterocycles. The van der Waals surface area contributed by atoms with Crippen molar-refractivity contribution in [1.29, 1.82) is 0 Å². The summed E-state index contributed by atoms with van der Waals surface area (Å²) in [5.41, 5.74) is 3.22. The highest BCUT2D eigenvalue weighted by Gasteiger charge is 2.21. The summed E-state index contributed by atoms with van der Waals surface area (Å²) >= 11 is 0. The van der Waals surface area contributed by atoms with Gasteiger partial charge in [0.25, 0.3) is 0 Å². The van der Waals surface area contributed by atoms with Gasteiger partial charge in [-0.25, -0.2) is 0 Å². The van der Waals surface area contributed by atoms with E-state index in [0.717, 1.165) is 6.61 Å². The Morgan fingerprint density at radius 2 is 2.00 bits per heavy atom. The lowest BCUT2D eigenvalue weighted by molar-refractivity contribution is 0.00315. The maximum atomic E-state index is 9.63. The molecule has 0 spiro atoms. The van der Waals surface area contributed by atoms with Gasteiger partial charge in [0.1, 0.15) is 14.2 Å². The predicted octanol–water partition coefficient (Wildman–Crippen LogP) is 1.05. The molecule has 1 fully saturated rings. The predicted molar refractivity (Wildman–Crippen MR) is 73.1 cm³/mol. The monoisotopic (exact) mass is 272 g/mol. The molecular formula is C13H24O4Si. The zero-order chi connectivity index (χ0) is 13.4. The molecule has 1 heterocycles. The van der Waals surface area contributed by atoms with Crippen LogP contribution in [0.1, 0.15) is 6.42 Å². The summed E-state index contributed by atoms with van der Waals surface area (Å²) in [5.74, 6) is 3.03. The lowest BCUT2D eigenvalue weighted by Crippen LogP contribution is -2.19. The van der Waals surface area contributed by atoms with Gasteiger partial charge in [0.05, 0.1) is 39.1 Å². The van der Waals surface area contributed by atoms with Crippen molar-refractivity contribution in [1.82, 2.24) is 0 Å². The number of aliphatic hydroxyl groups excluding tert-OH is 1. The van der Waals surface area contributed by atoms with Crippen molar-refractivity contribution in [2.75, 3.05) is 33.0 Å². The number of hydrogen-bond acceptors (Lipinski definition) is 4. The van der Waals surface area contributed by atoms with Crippen molar-refractivity contribution in [3.63, 3.8) is 0 Å². The molecule has 1 aliphatic rings. The molecule has 4 nitrogen and oxygen atoms in total. The summed E-state index contributed by atoms with van der Waals surface area (Å²) in [5, 5.41) is 9.63. The molecule has 0 bridgehead atoms. The summed E-state index contributed by atoms with van der Waals surface area (Å²) in [6.07, 6.45) is 0.286. The number of epoxide rings is 1. The van der Waals surface area contributed by atoms with E-state index in [0.29, 0.717) is 39.0 Å². The van der Waals surface area contributed by atoms with Gasteiger partial charge in [0, 0.05) is 6.42 Å². The van der Waals surface area contributed by atoms with Crippen molar-refractivity contribution in [2.24, 2.45) is 0 Å². The number of ether oxygens (including phenoxy) is 3. The van der Waals surface area contributed by atoms with Gasteiger partial charge >= 0.3 is 0 Å². The highest BCUT2D eigenvalue weighted by Crippen LogP contribution is 2.08. The van der Waals surface area contributed by atoms with E-state index in [1.807, 2.05) is 0 Å². The molecule has 1 aliphatic heterocycles. The molecule has 0 saturated carbocycles. The first-order chi connectivity index (χ1) is 8.47. The third-order valence-corrected chi connectivity index (χ3v) is 3.12. The average molecular weight is 272 g/mol. The zero-order valence-corrected chi connectivity index (χ0v) is 12.6. The highest BCUT2D eigenvalue weighted by molar-refractivity contribution is 6.83. The van der Waals surface area contributed by atoms with Crippen LogP contribution in [0.4, 0.5) is 0 Å². The number of hydrogen-bond donors (Lipinski definition) is 1. The molecule has 0 aromatic rings. The van der Waals surface area contributed by atoms with Crippen molar-refractivity contribution in [3.05, 3.63) is 0 Å². The van der Waals surface area contributed by atoms with Gasteiger partial charge in [-0.3, -0.25) is 0 Å². The number of rotatable bonds is 8. The molecule has 0 unspecified atom stereocenters. The third-order valence-electron chi connectivity index (χ3n) is 2.19. The van der Waals surface area contributed by atoms with E-state index >= 15 is 0 Å². The second kappa shape index (κ2) is 7.92. The minimum absolute atomic E-state index is 0.299. The Bertz CT molecular complexity index is 286. The second-order valence-electron chi connectivity index (χ2n) is 5.51. The molecule has 0 aromatic carbocycles. The largest absolute Gasteiger partial charge is 0.390 e. The molecular weight excluding hydrogens is 248 g/mol. The highest BCUT2D eigenvalue weighted by atomic mass is 28.3. The molecule has 18 heavy (non-hydrogen) atoms. The van der Waals surface area contributed by atoms with Crippen LogP contribution in [0, 0.1) is 11.5 Å². The summed E-state index contributed by atoms with van der Waals surface area (Å²) in [4.78, 5) is 0. The van der Waals surface area contributed by atoms with Crippen molar-refractivity contribution >= 4 is 8.07 Å². The first-order valence-electron chi connectivity index (χ1n) is 6.42. The third kappa shape index (κ3) is 9.63. The van der Waals surface area contributed by atoms with Gasteiger partial charge in [0.15, 0.2) is 0 Å². The topological polar surface area (TPSA) is 51.2 Å². The van der Waals surface area contributed by atoms with Crippen LogP contribution in [0.3, 0.4) is 0 Å². The van der Waals surface area contributed by atoms with Gasteiger partial charge in [-0.1, -0.05) is 19.6 Å². The lowest BCUT2D eigenvalue weighted by atomic mass is 10.3. The maximum absolute atomic E-state index is 9.63. The van der Waals surface area contributed by atoms with Crippen LogP contribution in [0.25, 0.3) is 0 Å². The molecule has 0 radical (unpaired) electrons. The van der Waals surface area contributed by atoms with Crippen LogP contribution in [-0.4, -0.2) is 58.4 Å². The van der Waals surface area contributed by atoms with E-state index < -0.39 is 14.2 Å². The molecule has 104 valence electrons. The van der Waals surface area contributed by atoms with Crippen molar-refractivity contribution in [2.45, 2.75) is 38.3 Å². The fourth-order valence-electron chi connectivity index (χ4n) is 1.21. The average Bonchev–Trinajstić information content (AvgIpc) is 3.05. The Morgan fingerprint density at radius 1 is 1.33 bits per heavy atom. The van der Waals surface area contributed by atoms with Gasteiger partial charge in [-0.15, -0.1) is 11.5 Å². The standard InChI is InChI=1S/C13H24O4Si/c1-18(2,3)8-4-5-12(14)9-15-6-7-16-10-13-11-17-13/h12-14H,5-7,9-11H2,1-3H3/t12-,13-/m1/s1. The maximum Gasteiger partial charge on any atom is 0.129 e. The molecule has 0 amide bonds. The summed E-state index contributed by atoms with van der Waals surface area (Å²) in [6.45, 7) is 9.39. The lowest BCUT2D eigenvalue weighted by Gasteiger charge is -2.09. The van der Waals surface area contributed by atoms with Crippen LogP contribution in [0.15, 0.2) is 0 Å². The van der Waals surface area contributed by atoms with Gasteiger partial charge in [-0.05, 0) is 0 Å². The van der Waals surface area contributed by atoms with Crippen LogP contribution in [-0.2, 0) is 14.2 Å². The Kier molecular flexibility index (Phi) is 6.90. The molecule has 0 aliphatic carbocycles. The van der Waals surface area contributed by atoms with E-state index in [1.54, 1.807) is 0 Å². The summed E-state index contributed by atoms with van der Waals surface area (Å²) in [6, 6.07) is 0. The summed E-state index contributed by atoms with van der Waals surface area (Å²) < 4.78 is 15.6. The zero-order valence-electron chi connectivity index (χ0n) is 11.6. The van der Waals surface area contributed by atoms with Crippen LogP contribution >= 0.6 is 0 Å². The van der Waals surface area contributed by atoms with E-state index in [-0.39, 0.29) is 0 Å². The smallest absolute Gasteiger partial charge is 0.129 e. The van der Waals surface area contributed by atoms with Crippen LogP contribution in [0.5, 0.6) is 0 Å². The Labute approximate surface area is 111 Å². The molecule has 5 heteroatoms. The normalized spacial score (nSPS) is 20.1. The SMILES string of the molecule is C[Si](C)(C)C#CC[C@@H](O)COCCOC[C@@H]1CO1. The van der Waals surface area contributed by atoms with Crippen molar-refractivity contribution < 1.29 is 19.3 Å². The summed E-state index contributed by atoms with van der Waals surface area (Å²) in [7, 11) is -1.32. The van der Waals surface area contributed by atoms with Gasteiger partial charge in [-0.2, -0.15) is 0 Å². The molecule has 1 N–H and O–H groups in total. The van der Waals surface area contributed by atoms with E-state index in [2.05, 4.69) is 31.1 Å². The second-order valence-corrected chi connectivity index (χ2v) is 10.3. The van der Waals surface area contributed by atoms with Crippen LogP contribution in [0.2, 0.25) is 19.6 Å². The quantitative estimate of drug-likeness (QED) is 0.311. The molecule has 1 rings (SSSR count). The van der Waals surface area contributed by atoms with Gasteiger partial charge < -0.3 is 19.3 Å². The Balaban J connectivity index is 1.91. The molecule has 2 atom stereocenters. The Hall–Kier alpha value is -0.383. The minimum atomic E-state index is -1.32. The number of aliphatic hydroxyl groups is 1. The first-order valence-corrected chi connectivity index (χ1v) is 9.92. The molecule has 1 saturated heterocycles. The fraction of sp³-hybridized carbons (Fsp3) is 0.846. The van der Waals surface area contributed by atoms with E-state index in [4.69, 9.17) is 14.2 Å². The van der Waals surface area contributed by atoms with Crippen LogP contribution < -0.4 is 0 Å². The minimum Gasteiger partial charge on any atom is -0.390 e. The van der Waals surface area contributed by atoms with Gasteiger partial charge in [0.2, 0.25) is 0 Å². The van der Waals surface area contributed by atoms with Crippen molar-refractivity contribution in [3.8, 4) is 11.5 Å². The fourth-order valence-corrected chi connectivity index (χ4v) is 1.84. The Morgan fingerprint density at radius 3 is 2.61 bits per heavy atom. The first kappa shape index (κ1) is 15.7. The van der Waals surface area contributed by atoms with E-state index in [9.17, 15) is 5.11 Å². The van der Waals surface area contributed by atoms with E-state index in [1.165, 1.54) is 0 Å².